The molecule has 5 heteroatoms. The van der Waals surface area contributed by atoms with E-state index >= 15 is 0 Å². The highest BCUT2D eigenvalue weighted by molar-refractivity contribution is 9.10. The van der Waals surface area contributed by atoms with Gasteiger partial charge in [-0.05, 0) is 55.8 Å². The van der Waals surface area contributed by atoms with Crippen LogP contribution in [0.15, 0.2) is 68.3 Å². The lowest BCUT2D eigenvalue weighted by Gasteiger charge is -2.20. The smallest absolute Gasteiger partial charge is 0.347 e. The molecule has 0 N–H and O–H groups in total. The summed E-state index contributed by atoms with van der Waals surface area (Å²) < 4.78 is 6.38. The van der Waals surface area contributed by atoms with Gasteiger partial charge in [-0.25, -0.2) is 4.79 Å². The topological polar surface area (TPSA) is 50.5 Å². The Hall–Kier alpha value is -2.66. The third kappa shape index (κ3) is 4.37. The summed E-state index contributed by atoms with van der Waals surface area (Å²) in [6.45, 7) is 5.88. The van der Waals surface area contributed by atoms with Gasteiger partial charge in [0.1, 0.15) is 11.1 Å². The van der Waals surface area contributed by atoms with Crippen molar-refractivity contribution in [2.45, 2.75) is 13.8 Å². The molecule has 0 spiro atoms. The first kappa shape index (κ1) is 19.1. The average molecular weight is 426 g/mol. The molecule has 138 valence electrons. The van der Waals surface area contributed by atoms with E-state index in [1.54, 1.807) is 12.1 Å². The maximum atomic E-state index is 12.5. The molecule has 4 nitrogen and oxygen atoms in total. The van der Waals surface area contributed by atoms with Crippen molar-refractivity contribution in [3.05, 3.63) is 80.6 Å². The quantitative estimate of drug-likeness (QED) is 0.305. The van der Waals surface area contributed by atoms with Crippen LogP contribution in [0.1, 0.15) is 29.8 Å². The summed E-state index contributed by atoms with van der Waals surface area (Å²) in [7, 11) is 0. The second-order valence-electron chi connectivity index (χ2n) is 6.09. The normalized spacial score (nSPS) is 11.2. The Morgan fingerprint density at radius 1 is 1.07 bits per heavy atom. The molecule has 3 rings (SSSR count). The Bertz CT molecular complexity index is 1050. The molecule has 0 aliphatic rings. The number of allylic oxidation sites excluding steroid dienone is 1. The first-order chi connectivity index (χ1) is 13.0. The van der Waals surface area contributed by atoms with Gasteiger partial charge >= 0.3 is 5.63 Å². The fraction of sp³-hybridized carbons (Fsp3) is 0.182. The van der Waals surface area contributed by atoms with Crippen molar-refractivity contribution >= 4 is 44.4 Å². The van der Waals surface area contributed by atoms with Crippen LogP contribution in [-0.4, -0.2) is 18.9 Å². The first-order valence-electron chi connectivity index (χ1n) is 8.82. The molecule has 0 bridgehead atoms. The van der Waals surface area contributed by atoms with Crippen LogP contribution in [0.4, 0.5) is 5.69 Å². The Morgan fingerprint density at radius 3 is 2.44 bits per heavy atom. The molecule has 0 aliphatic carbocycles. The number of carbonyl (C=O) groups excluding carboxylic acids is 1. The summed E-state index contributed by atoms with van der Waals surface area (Å²) in [4.78, 5) is 26.9. The van der Waals surface area contributed by atoms with E-state index in [2.05, 4.69) is 34.7 Å². The number of rotatable bonds is 6. The van der Waals surface area contributed by atoms with E-state index in [-0.39, 0.29) is 11.3 Å². The molecule has 0 amide bonds. The van der Waals surface area contributed by atoms with Gasteiger partial charge in [0.15, 0.2) is 5.78 Å². The lowest BCUT2D eigenvalue weighted by Crippen LogP contribution is -2.21. The highest BCUT2D eigenvalue weighted by Crippen LogP contribution is 2.22. The zero-order valence-corrected chi connectivity index (χ0v) is 16.8. The molecule has 0 saturated carbocycles. The molecule has 0 atom stereocenters. The van der Waals surface area contributed by atoms with E-state index in [0.29, 0.717) is 5.58 Å². The van der Waals surface area contributed by atoms with Gasteiger partial charge in [-0.3, -0.25) is 4.79 Å². The lowest BCUT2D eigenvalue weighted by molar-refractivity contribution is 0.104. The van der Waals surface area contributed by atoms with Crippen molar-refractivity contribution in [3.63, 3.8) is 0 Å². The van der Waals surface area contributed by atoms with Gasteiger partial charge in [-0.2, -0.15) is 0 Å². The van der Waals surface area contributed by atoms with Crippen LogP contribution in [-0.2, 0) is 0 Å². The van der Waals surface area contributed by atoms with Gasteiger partial charge in [0.25, 0.3) is 0 Å². The minimum Gasteiger partial charge on any atom is -0.422 e. The molecule has 1 heterocycles. The summed E-state index contributed by atoms with van der Waals surface area (Å²) in [6.07, 6.45) is 3.08. The van der Waals surface area contributed by atoms with Gasteiger partial charge in [-0.1, -0.05) is 34.1 Å². The van der Waals surface area contributed by atoms with Gasteiger partial charge in [0, 0.05) is 34.7 Å². The van der Waals surface area contributed by atoms with Gasteiger partial charge in [0.2, 0.25) is 0 Å². The first-order valence-corrected chi connectivity index (χ1v) is 9.62. The summed E-state index contributed by atoms with van der Waals surface area (Å²) >= 11 is 3.37. The molecular weight excluding hydrogens is 406 g/mol. The lowest BCUT2D eigenvalue weighted by atomic mass is 10.1. The minimum atomic E-state index is -0.621. The molecule has 2 aromatic carbocycles. The maximum absolute atomic E-state index is 12.5. The monoisotopic (exact) mass is 425 g/mol. The van der Waals surface area contributed by atoms with E-state index < -0.39 is 5.63 Å². The molecule has 0 radical (unpaired) electrons. The van der Waals surface area contributed by atoms with Crippen LogP contribution >= 0.6 is 15.9 Å². The fourth-order valence-corrected chi connectivity index (χ4v) is 3.16. The van der Waals surface area contributed by atoms with E-state index in [4.69, 9.17) is 4.42 Å². The highest BCUT2D eigenvalue weighted by atomic mass is 79.9. The third-order valence-corrected chi connectivity index (χ3v) is 4.94. The second kappa shape index (κ2) is 8.35. The van der Waals surface area contributed by atoms with E-state index in [0.717, 1.165) is 34.2 Å². The van der Waals surface area contributed by atoms with Crippen molar-refractivity contribution < 1.29 is 9.21 Å². The Balaban J connectivity index is 1.91. The zero-order chi connectivity index (χ0) is 19.4. The molecule has 0 fully saturated rings. The summed E-state index contributed by atoms with van der Waals surface area (Å²) in [5, 5.41) is 0.728. The molecule has 1 aromatic heterocycles. The van der Waals surface area contributed by atoms with Crippen LogP contribution in [0.3, 0.4) is 0 Å². The number of halogens is 1. The van der Waals surface area contributed by atoms with Crippen molar-refractivity contribution in [1.29, 1.82) is 0 Å². The molecule has 0 unspecified atom stereocenters. The van der Waals surface area contributed by atoms with Gasteiger partial charge in [-0.15, -0.1) is 0 Å². The van der Waals surface area contributed by atoms with Crippen LogP contribution in [0, 0.1) is 0 Å². The third-order valence-electron chi connectivity index (χ3n) is 4.41. The van der Waals surface area contributed by atoms with E-state index in [9.17, 15) is 9.59 Å². The number of carbonyl (C=O) groups is 1. The number of hydrogen-bond acceptors (Lipinski definition) is 4. The summed E-state index contributed by atoms with van der Waals surface area (Å²) in [5.74, 6) is -0.374. The number of nitrogens with zero attached hydrogens (tertiary/aromatic N) is 1. The summed E-state index contributed by atoms with van der Waals surface area (Å²) in [6, 6.07) is 14.8. The minimum absolute atomic E-state index is 0.0338. The van der Waals surface area contributed by atoms with Crippen molar-refractivity contribution in [3.8, 4) is 0 Å². The number of ketones is 1. The van der Waals surface area contributed by atoms with Crippen molar-refractivity contribution in [1.82, 2.24) is 0 Å². The predicted molar refractivity (Wildman–Crippen MR) is 114 cm³/mol. The molecule has 0 saturated heterocycles. The summed E-state index contributed by atoms with van der Waals surface area (Å²) in [5.41, 5.74) is 1.76. The Morgan fingerprint density at radius 2 is 1.78 bits per heavy atom. The maximum Gasteiger partial charge on any atom is 0.347 e. The number of hydrogen-bond donors (Lipinski definition) is 0. The average Bonchev–Trinajstić information content (AvgIpc) is 2.67. The molecular formula is C22H20BrNO3. The SMILES string of the molecule is CCN(CC)c1ccc2cc(C(=O)C=Cc3ccc(Br)cc3)c(=O)oc2c1. The van der Waals surface area contributed by atoms with Crippen LogP contribution in [0.5, 0.6) is 0 Å². The standard InChI is InChI=1S/C22H20BrNO3/c1-3-24(4-2)18-11-8-16-13-19(22(26)27-21(16)14-18)20(25)12-7-15-5-9-17(23)10-6-15/h5-14H,3-4H2,1-2H3. The van der Waals surface area contributed by atoms with E-state index in [1.807, 2.05) is 42.5 Å². The van der Waals surface area contributed by atoms with Crippen LogP contribution < -0.4 is 10.5 Å². The van der Waals surface area contributed by atoms with Gasteiger partial charge in [0.05, 0.1) is 0 Å². The second-order valence-corrected chi connectivity index (χ2v) is 7.01. The molecule has 27 heavy (non-hydrogen) atoms. The predicted octanol–water partition coefficient (Wildman–Crippen LogP) is 5.30. The number of anilines is 1. The zero-order valence-electron chi connectivity index (χ0n) is 15.2. The number of benzene rings is 2. The van der Waals surface area contributed by atoms with Crippen LogP contribution in [0.25, 0.3) is 17.0 Å². The highest BCUT2D eigenvalue weighted by Gasteiger charge is 2.12. The largest absolute Gasteiger partial charge is 0.422 e. The van der Waals surface area contributed by atoms with Crippen molar-refractivity contribution in [2.75, 3.05) is 18.0 Å². The fourth-order valence-electron chi connectivity index (χ4n) is 2.89. The molecule has 3 aromatic rings. The van der Waals surface area contributed by atoms with E-state index in [1.165, 1.54) is 6.08 Å². The van der Waals surface area contributed by atoms with Crippen molar-refractivity contribution in [2.24, 2.45) is 0 Å². The number of fused-ring (bicyclic) bond motifs is 1. The Kier molecular flexibility index (Phi) is 5.91. The molecule has 0 aliphatic heterocycles. The van der Waals surface area contributed by atoms with Crippen LogP contribution in [0.2, 0.25) is 0 Å². The van der Waals surface area contributed by atoms with Gasteiger partial charge < -0.3 is 9.32 Å². The Labute approximate surface area is 166 Å².